The monoisotopic (exact) mass is 432 g/mol. The van der Waals surface area contributed by atoms with Crippen molar-refractivity contribution in [2.45, 2.75) is 6.54 Å². The molecule has 8 nitrogen and oxygen atoms in total. The Morgan fingerprint density at radius 2 is 2.15 bits per heavy atom. The van der Waals surface area contributed by atoms with Gasteiger partial charge in [0.1, 0.15) is 0 Å². The van der Waals surface area contributed by atoms with E-state index in [0.717, 1.165) is 11.3 Å². The van der Waals surface area contributed by atoms with Crippen molar-refractivity contribution < 1.29 is 14.8 Å². The van der Waals surface area contributed by atoms with Gasteiger partial charge in [-0.15, -0.1) is 0 Å². The van der Waals surface area contributed by atoms with Gasteiger partial charge in [-0.05, 0) is 33.6 Å². The lowest BCUT2D eigenvalue weighted by Gasteiger charge is -2.11. The molecule has 1 heterocycles. The van der Waals surface area contributed by atoms with Gasteiger partial charge in [-0.3, -0.25) is 10.1 Å². The number of phenols is 1. The molecule has 3 rings (SSSR count). The first kappa shape index (κ1) is 18.7. The van der Waals surface area contributed by atoms with Crippen LogP contribution in [-0.4, -0.2) is 26.7 Å². The highest BCUT2D eigenvalue weighted by Crippen LogP contribution is 2.35. The van der Waals surface area contributed by atoms with E-state index >= 15 is 0 Å². The molecule has 0 radical (unpaired) electrons. The number of rotatable bonds is 6. The van der Waals surface area contributed by atoms with Gasteiger partial charge in [0.2, 0.25) is 5.95 Å². The summed E-state index contributed by atoms with van der Waals surface area (Å²) in [6.45, 7) is 0.453. The lowest BCUT2D eigenvalue weighted by Crippen LogP contribution is -2.06. The lowest BCUT2D eigenvalue weighted by atomic mass is 10.1. The van der Waals surface area contributed by atoms with Crippen LogP contribution in [0.5, 0.6) is 11.5 Å². The first-order valence-corrected chi connectivity index (χ1v) is 8.75. The number of methoxy groups -OCH3 is 1. The normalized spacial score (nSPS) is 10.6. The minimum atomic E-state index is -0.422. The molecule has 1 aromatic heterocycles. The van der Waals surface area contributed by atoms with Gasteiger partial charge in [0.05, 0.1) is 28.4 Å². The summed E-state index contributed by atoms with van der Waals surface area (Å²) in [5.41, 5.74) is 2.38. The second kappa shape index (κ2) is 7.67. The standard InChI is InChI=1S/C18H17BrN4O4/c1-22-15(12-4-3-5-13(8-12)23(25)26)10-21-18(22)20-9-11-6-14(19)17(24)16(7-11)27-2/h3-8,10,24H,9H2,1-2H3,(H,20,21). The number of phenolic OH excluding ortho intramolecular Hbond substituents is 1. The Morgan fingerprint density at radius 1 is 1.37 bits per heavy atom. The predicted molar refractivity (Wildman–Crippen MR) is 105 cm³/mol. The van der Waals surface area contributed by atoms with Gasteiger partial charge in [0.15, 0.2) is 11.5 Å². The number of hydrogen-bond donors (Lipinski definition) is 2. The Morgan fingerprint density at radius 3 is 2.85 bits per heavy atom. The number of hydrogen-bond acceptors (Lipinski definition) is 6. The third-order valence-corrected chi connectivity index (χ3v) is 4.70. The summed E-state index contributed by atoms with van der Waals surface area (Å²) < 4.78 is 7.51. The average molecular weight is 433 g/mol. The molecule has 0 fully saturated rings. The van der Waals surface area contributed by atoms with Crippen LogP contribution in [0.15, 0.2) is 47.1 Å². The topological polar surface area (TPSA) is 102 Å². The van der Waals surface area contributed by atoms with Crippen molar-refractivity contribution in [2.75, 3.05) is 12.4 Å². The van der Waals surface area contributed by atoms with Crippen molar-refractivity contribution in [2.24, 2.45) is 7.05 Å². The summed E-state index contributed by atoms with van der Waals surface area (Å²) in [6.07, 6.45) is 1.66. The molecule has 0 saturated carbocycles. The Labute approximate surface area is 163 Å². The summed E-state index contributed by atoms with van der Waals surface area (Å²) >= 11 is 3.30. The van der Waals surface area contributed by atoms with Crippen molar-refractivity contribution in [3.8, 4) is 22.8 Å². The molecular weight excluding hydrogens is 416 g/mol. The summed E-state index contributed by atoms with van der Waals surface area (Å²) in [5.74, 6) is 1.03. The molecule has 0 aliphatic rings. The molecule has 0 aliphatic heterocycles. The maximum Gasteiger partial charge on any atom is 0.270 e. The fourth-order valence-electron chi connectivity index (χ4n) is 2.69. The maximum atomic E-state index is 11.0. The zero-order valence-corrected chi connectivity index (χ0v) is 16.2. The number of aromatic nitrogens is 2. The van der Waals surface area contributed by atoms with Gasteiger partial charge < -0.3 is 19.7 Å². The number of imidazole rings is 1. The van der Waals surface area contributed by atoms with E-state index in [-0.39, 0.29) is 11.4 Å². The van der Waals surface area contributed by atoms with Gasteiger partial charge in [-0.1, -0.05) is 12.1 Å². The van der Waals surface area contributed by atoms with E-state index in [1.54, 1.807) is 30.5 Å². The molecule has 27 heavy (non-hydrogen) atoms. The van der Waals surface area contributed by atoms with Crippen molar-refractivity contribution in [3.05, 3.63) is 62.7 Å². The third-order valence-electron chi connectivity index (χ3n) is 4.10. The fourth-order valence-corrected chi connectivity index (χ4v) is 3.18. The van der Waals surface area contributed by atoms with Crippen LogP contribution in [0.4, 0.5) is 11.6 Å². The number of nitrogens with zero attached hydrogens (tertiary/aromatic N) is 3. The predicted octanol–water partition coefficient (Wildman–Crippen LogP) is 4.08. The number of nitro benzene ring substituents is 1. The molecule has 9 heteroatoms. The molecule has 3 aromatic rings. The molecule has 0 saturated heterocycles. The molecule has 0 bridgehead atoms. The summed E-state index contributed by atoms with van der Waals surface area (Å²) in [4.78, 5) is 14.9. The number of non-ortho nitro benzene ring substituents is 1. The Hall–Kier alpha value is -3.07. The highest BCUT2D eigenvalue weighted by molar-refractivity contribution is 9.10. The molecule has 0 spiro atoms. The molecule has 2 N–H and O–H groups in total. The molecule has 0 aliphatic carbocycles. The summed E-state index contributed by atoms with van der Waals surface area (Å²) in [7, 11) is 3.32. The second-order valence-electron chi connectivity index (χ2n) is 5.82. The average Bonchev–Trinajstić information content (AvgIpc) is 3.03. The molecule has 140 valence electrons. The molecule has 2 aromatic carbocycles. The van der Waals surface area contributed by atoms with E-state index in [1.807, 2.05) is 11.6 Å². The second-order valence-corrected chi connectivity index (χ2v) is 6.67. The number of benzene rings is 2. The van der Waals surface area contributed by atoms with Crippen LogP contribution in [0.25, 0.3) is 11.3 Å². The van der Waals surface area contributed by atoms with Crippen LogP contribution < -0.4 is 10.1 Å². The Balaban J connectivity index is 1.81. The van der Waals surface area contributed by atoms with Crippen LogP contribution in [0.2, 0.25) is 0 Å². The number of aromatic hydroxyl groups is 1. The minimum absolute atomic E-state index is 0.0317. The van der Waals surface area contributed by atoms with Crippen molar-refractivity contribution in [1.82, 2.24) is 9.55 Å². The Bertz CT molecular complexity index is 1000. The summed E-state index contributed by atoms with van der Waals surface area (Å²) in [6, 6.07) is 9.94. The molecule has 0 unspecified atom stereocenters. The van der Waals surface area contributed by atoms with Gasteiger partial charge in [-0.2, -0.15) is 0 Å². The van der Waals surface area contributed by atoms with E-state index in [9.17, 15) is 15.2 Å². The first-order chi connectivity index (χ1) is 12.9. The highest BCUT2D eigenvalue weighted by atomic mass is 79.9. The van der Waals surface area contributed by atoms with E-state index < -0.39 is 4.92 Å². The zero-order valence-electron chi connectivity index (χ0n) is 14.6. The van der Waals surface area contributed by atoms with E-state index in [0.29, 0.717) is 28.3 Å². The van der Waals surface area contributed by atoms with Crippen molar-refractivity contribution in [1.29, 1.82) is 0 Å². The number of anilines is 1. The van der Waals surface area contributed by atoms with Gasteiger partial charge >= 0.3 is 0 Å². The number of nitrogens with one attached hydrogen (secondary N) is 1. The number of halogens is 1. The quantitative estimate of drug-likeness (QED) is 0.449. The van der Waals surface area contributed by atoms with Crippen LogP contribution in [-0.2, 0) is 13.6 Å². The van der Waals surface area contributed by atoms with E-state index in [4.69, 9.17) is 4.74 Å². The van der Waals surface area contributed by atoms with Gasteiger partial charge in [-0.25, -0.2) is 4.98 Å². The fraction of sp³-hybridized carbons (Fsp3) is 0.167. The van der Waals surface area contributed by atoms with Crippen molar-refractivity contribution >= 4 is 27.6 Å². The van der Waals surface area contributed by atoms with Gasteiger partial charge in [0.25, 0.3) is 5.69 Å². The van der Waals surface area contributed by atoms with Crippen LogP contribution in [0.1, 0.15) is 5.56 Å². The SMILES string of the molecule is COc1cc(CNc2ncc(-c3cccc([N+](=O)[O-])c3)n2C)cc(Br)c1O. The van der Waals surface area contributed by atoms with E-state index in [2.05, 4.69) is 26.2 Å². The van der Waals surface area contributed by atoms with Crippen molar-refractivity contribution in [3.63, 3.8) is 0 Å². The number of nitro groups is 1. The van der Waals surface area contributed by atoms with Gasteiger partial charge in [0, 0.05) is 31.3 Å². The van der Waals surface area contributed by atoms with Crippen LogP contribution >= 0.6 is 15.9 Å². The first-order valence-electron chi connectivity index (χ1n) is 7.96. The molecule has 0 amide bonds. The lowest BCUT2D eigenvalue weighted by molar-refractivity contribution is -0.384. The molecule has 0 atom stereocenters. The maximum absolute atomic E-state index is 11.0. The highest BCUT2D eigenvalue weighted by Gasteiger charge is 2.13. The minimum Gasteiger partial charge on any atom is -0.503 e. The smallest absolute Gasteiger partial charge is 0.270 e. The van der Waals surface area contributed by atoms with Crippen LogP contribution in [0.3, 0.4) is 0 Å². The Kier molecular flexibility index (Phi) is 5.31. The van der Waals surface area contributed by atoms with E-state index in [1.165, 1.54) is 19.2 Å². The summed E-state index contributed by atoms with van der Waals surface area (Å²) in [5, 5.41) is 24.1. The third kappa shape index (κ3) is 3.87. The van der Waals surface area contributed by atoms with Crippen LogP contribution in [0, 0.1) is 10.1 Å². The number of ether oxygens (including phenoxy) is 1. The largest absolute Gasteiger partial charge is 0.503 e. The molecular formula is C18H17BrN4O4. The zero-order chi connectivity index (χ0) is 19.6.